The summed E-state index contributed by atoms with van der Waals surface area (Å²) >= 11 is 0. The van der Waals surface area contributed by atoms with Crippen LogP contribution in [0.5, 0.6) is 5.88 Å². The Balaban J connectivity index is 2.17. The quantitative estimate of drug-likeness (QED) is 0.617. The standard InChI is InChI=1S/C8H6N4O2/c13-8-11-10-6-4-14-7-5(12(6)8)2-1-3-9-7/h1-4,10H,(H,11,13). The van der Waals surface area contributed by atoms with Crippen LogP contribution < -0.4 is 20.5 Å². The summed E-state index contributed by atoms with van der Waals surface area (Å²) in [5.74, 6) is 0.991. The van der Waals surface area contributed by atoms with Crippen LogP contribution in [0.2, 0.25) is 0 Å². The molecule has 0 aromatic carbocycles. The molecule has 2 aliphatic heterocycles. The van der Waals surface area contributed by atoms with Gasteiger partial charge in [0, 0.05) is 6.20 Å². The number of nitrogens with one attached hydrogen (secondary N) is 2. The van der Waals surface area contributed by atoms with Crippen molar-refractivity contribution < 1.29 is 9.53 Å². The normalized spacial score (nSPS) is 17.3. The zero-order valence-corrected chi connectivity index (χ0v) is 7.02. The minimum Gasteiger partial charge on any atom is -0.441 e. The summed E-state index contributed by atoms with van der Waals surface area (Å²) < 4.78 is 5.22. The zero-order chi connectivity index (χ0) is 9.54. The topological polar surface area (TPSA) is 66.5 Å². The lowest BCUT2D eigenvalue weighted by atomic mass is 10.3. The highest BCUT2D eigenvalue weighted by Gasteiger charge is 2.32. The maximum Gasteiger partial charge on any atom is 0.346 e. The lowest BCUT2D eigenvalue weighted by molar-refractivity contribution is 0.250. The molecule has 70 valence electrons. The molecule has 0 radical (unpaired) electrons. The average Bonchev–Trinajstić information content (AvgIpc) is 2.61. The SMILES string of the molecule is O=C1NNC2=COc3ncccc3N12. The van der Waals surface area contributed by atoms with Gasteiger partial charge in [0.15, 0.2) is 5.82 Å². The van der Waals surface area contributed by atoms with Crippen LogP contribution in [0.1, 0.15) is 0 Å². The monoisotopic (exact) mass is 190 g/mol. The van der Waals surface area contributed by atoms with Gasteiger partial charge in [-0.3, -0.25) is 5.43 Å². The van der Waals surface area contributed by atoms with Gasteiger partial charge >= 0.3 is 6.03 Å². The maximum absolute atomic E-state index is 11.4. The van der Waals surface area contributed by atoms with Crippen LogP contribution in [0.4, 0.5) is 10.5 Å². The number of fused-ring (bicyclic) bond motifs is 3. The number of ether oxygens (including phenoxy) is 1. The highest BCUT2D eigenvalue weighted by Crippen LogP contribution is 2.32. The number of nitrogens with zero attached hydrogens (tertiary/aromatic N) is 2. The third kappa shape index (κ3) is 0.792. The number of urea groups is 1. The Morgan fingerprint density at radius 2 is 2.36 bits per heavy atom. The van der Waals surface area contributed by atoms with Crippen LogP contribution in [-0.2, 0) is 0 Å². The lowest BCUT2D eigenvalue weighted by Gasteiger charge is -2.20. The predicted octanol–water partition coefficient (Wildman–Crippen LogP) is 0.307. The van der Waals surface area contributed by atoms with Gasteiger partial charge < -0.3 is 4.74 Å². The molecule has 1 fully saturated rings. The Hall–Kier alpha value is -2.24. The number of anilines is 1. The number of amides is 2. The van der Waals surface area contributed by atoms with E-state index in [9.17, 15) is 4.79 Å². The first-order valence-electron chi connectivity index (χ1n) is 4.04. The first kappa shape index (κ1) is 7.19. The number of rotatable bonds is 0. The van der Waals surface area contributed by atoms with Gasteiger partial charge in [-0.1, -0.05) is 0 Å². The van der Waals surface area contributed by atoms with Crippen molar-refractivity contribution in [3.8, 4) is 5.88 Å². The van der Waals surface area contributed by atoms with E-state index in [2.05, 4.69) is 15.8 Å². The molecule has 3 rings (SSSR count). The molecule has 0 bridgehead atoms. The number of carbonyl (C=O) groups is 1. The summed E-state index contributed by atoms with van der Waals surface area (Å²) in [4.78, 5) is 16.9. The smallest absolute Gasteiger partial charge is 0.346 e. The Morgan fingerprint density at radius 3 is 3.29 bits per heavy atom. The Kier molecular flexibility index (Phi) is 1.22. The highest BCUT2D eigenvalue weighted by molar-refractivity contribution is 5.98. The largest absolute Gasteiger partial charge is 0.441 e. The van der Waals surface area contributed by atoms with Gasteiger partial charge in [0.1, 0.15) is 11.9 Å². The molecule has 0 spiro atoms. The van der Waals surface area contributed by atoms with Gasteiger partial charge in [-0.05, 0) is 12.1 Å². The van der Waals surface area contributed by atoms with Crippen molar-refractivity contribution in [2.24, 2.45) is 0 Å². The summed E-state index contributed by atoms with van der Waals surface area (Å²) in [5, 5.41) is 0. The van der Waals surface area contributed by atoms with Crippen molar-refractivity contribution in [2.45, 2.75) is 0 Å². The molecule has 6 nitrogen and oxygen atoms in total. The summed E-state index contributed by atoms with van der Waals surface area (Å²) in [7, 11) is 0. The minimum atomic E-state index is -0.242. The first-order valence-corrected chi connectivity index (χ1v) is 4.04. The molecule has 2 amide bonds. The lowest BCUT2D eigenvalue weighted by Crippen LogP contribution is -2.29. The van der Waals surface area contributed by atoms with Crippen LogP contribution >= 0.6 is 0 Å². The fraction of sp³-hybridized carbons (Fsp3) is 0. The number of aromatic nitrogens is 1. The van der Waals surface area contributed by atoms with Crippen molar-refractivity contribution in [1.29, 1.82) is 0 Å². The number of hydrazine groups is 1. The third-order valence-corrected chi connectivity index (χ3v) is 2.02. The Morgan fingerprint density at radius 1 is 1.43 bits per heavy atom. The van der Waals surface area contributed by atoms with E-state index in [1.54, 1.807) is 18.3 Å². The van der Waals surface area contributed by atoms with Crippen LogP contribution in [0, 0.1) is 0 Å². The highest BCUT2D eigenvalue weighted by atomic mass is 16.5. The molecule has 2 N–H and O–H groups in total. The van der Waals surface area contributed by atoms with Crippen LogP contribution in [-0.4, -0.2) is 11.0 Å². The molecule has 6 heteroatoms. The fourth-order valence-electron chi connectivity index (χ4n) is 1.41. The van der Waals surface area contributed by atoms with E-state index < -0.39 is 0 Å². The summed E-state index contributed by atoms with van der Waals surface area (Å²) in [5.41, 5.74) is 5.78. The van der Waals surface area contributed by atoms with E-state index in [4.69, 9.17) is 4.74 Å². The molecule has 0 saturated carbocycles. The van der Waals surface area contributed by atoms with Gasteiger partial charge in [0.25, 0.3) is 0 Å². The molecule has 1 aromatic rings. The number of hydrogen-bond acceptors (Lipinski definition) is 4. The Labute approximate surface area is 79.1 Å². The van der Waals surface area contributed by atoms with Gasteiger partial charge in [0.05, 0.1) is 0 Å². The molecule has 1 aromatic heterocycles. The molecule has 0 aliphatic carbocycles. The summed E-state index contributed by atoms with van der Waals surface area (Å²) in [6.07, 6.45) is 3.05. The van der Waals surface area contributed by atoms with Crippen molar-refractivity contribution in [3.63, 3.8) is 0 Å². The van der Waals surface area contributed by atoms with E-state index in [1.165, 1.54) is 11.2 Å². The van der Waals surface area contributed by atoms with Crippen molar-refractivity contribution in [2.75, 3.05) is 4.90 Å². The van der Waals surface area contributed by atoms with Gasteiger partial charge in [-0.2, -0.15) is 0 Å². The average molecular weight is 190 g/mol. The summed E-state index contributed by atoms with van der Waals surface area (Å²) in [6.45, 7) is 0. The van der Waals surface area contributed by atoms with Crippen molar-refractivity contribution in [3.05, 3.63) is 30.4 Å². The first-order chi connectivity index (χ1) is 6.86. The second-order valence-electron chi connectivity index (χ2n) is 2.84. The molecule has 1 saturated heterocycles. The number of carbonyl (C=O) groups excluding carboxylic acids is 1. The second-order valence-corrected chi connectivity index (χ2v) is 2.84. The zero-order valence-electron chi connectivity index (χ0n) is 7.02. The van der Waals surface area contributed by atoms with Gasteiger partial charge in [0.2, 0.25) is 5.88 Å². The van der Waals surface area contributed by atoms with E-state index in [0.717, 1.165) is 0 Å². The molecule has 2 aliphatic rings. The fourth-order valence-corrected chi connectivity index (χ4v) is 1.41. The minimum absolute atomic E-state index is 0.242. The van der Waals surface area contributed by atoms with Crippen LogP contribution in [0.25, 0.3) is 0 Å². The number of pyridine rings is 1. The summed E-state index contributed by atoms with van der Waals surface area (Å²) in [6, 6.07) is 3.27. The van der Waals surface area contributed by atoms with Crippen molar-refractivity contribution >= 4 is 11.7 Å². The molecule has 0 unspecified atom stereocenters. The van der Waals surface area contributed by atoms with Crippen molar-refractivity contribution in [1.82, 2.24) is 15.8 Å². The van der Waals surface area contributed by atoms with E-state index in [-0.39, 0.29) is 6.03 Å². The molecule has 3 heterocycles. The number of hydrogen-bond donors (Lipinski definition) is 2. The molecular formula is C8H6N4O2. The van der Waals surface area contributed by atoms with E-state index in [0.29, 0.717) is 17.4 Å². The second kappa shape index (κ2) is 2.38. The van der Waals surface area contributed by atoms with Crippen LogP contribution in [0.15, 0.2) is 30.4 Å². The van der Waals surface area contributed by atoms with Gasteiger partial charge in [-0.15, -0.1) is 0 Å². The van der Waals surface area contributed by atoms with E-state index >= 15 is 0 Å². The molecular weight excluding hydrogens is 184 g/mol. The molecule has 0 atom stereocenters. The Bertz CT molecular complexity index is 443. The van der Waals surface area contributed by atoms with E-state index in [1.807, 2.05) is 0 Å². The van der Waals surface area contributed by atoms with Gasteiger partial charge in [-0.25, -0.2) is 20.1 Å². The van der Waals surface area contributed by atoms with Crippen LogP contribution in [0.3, 0.4) is 0 Å². The third-order valence-electron chi connectivity index (χ3n) is 2.02. The molecule has 14 heavy (non-hydrogen) atoms. The predicted molar refractivity (Wildman–Crippen MR) is 47.1 cm³/mol. The maximum atomic E-state index is 11.4.